The number of ether oxygens (including phenoxy) is 1. The van der Waals surface area contributed by atoms with Crippen molar-refractivity contribution in [2.75, 3.05) is 12.4 Å². The summed E-state index contributed by atoms with van der Waals surface area (Å²) in [5.41, 5.74) is -1.05. The first-order valence-electron chi connectivity index (χ1n) is 6.12. The lowest BCUT2D eigenvalue weighted by Gasteiger charge is -2.16. The first-order valence-corrected chi connectivity index (χ1v) is 6.12. The van der Waals surface area contributed by atoms with Crippen LogP contribution in [0, 0.1) is 5.82 Å². The Morgan fingerprint density at radius 2 is 1.95 bits per heavy atom. The zero-order valence-corrected chi connectivity index (χ0v) is 11.4. The monoisotopic (exact) mass is 316 g/mol. The maximum absolute atomic E-state index is 13.7. The van der Waals surface area contributed by atoms with Crippen LogP contribution in [-0.2, 0) is 6.18 Å². The van der Waals surface area contributed by atoms with Gasteiger partial charge in [-0.15, -0.1) is 0 Å². The van der Waals surface area contributed by atoms with Crippen LogP contribution in [0.4, 0.5) is 23.2 Å². The number of aromatic nitrogens is 1. The Kier molecular flexibility index (Phi) is 4.51. The van der Waals surface area contributed by atoms with Gasteiger partial charge in [-0.3, -0.25) is 0 Å². The van der Waals surface area contributed by atoms with Crippen LogP contribution in [-0.4, -0.2) is 17.2 Å². The lowest BCUT2D eigenvalue weighted by molar-refractivity contribution is -0.137. The number of anilines is 1. The zero-order chi connectivity index (χ0) is 16.3. The molecule has 2 aromatic rings. The molecule has 8 heteroatoms. The molecule has 1 heterocycles. The molecule has 4 nitrogen and oxygen atoms in total. The van der Waals surface area contributed by atoms with E-state index in [1.807, 2.05) is 0 Å². The Labute approximate surface area is 123 Å². The van der Waals surface area contributed by atoms with E-state index in [4.69, 9.17) is 4.74 Å². The van der Waals surface area contributed by atoms with Crippen molar-refractivity contribution < 1.29 is 27.4 Å². The number of hydrogen-bond acceptors (Lipinski definition) is 4. The van der Waals surface area contributed by atoms with Crippen LogP contribution in [0.2, 0.25) is 0 Å². The van der Waals surface area contributed by atoms with Gasteiger partial charge in [0.2, 0.25) is 5.88 Å². The van der Waals surface area contributed by atoms with E-state index < -0.39 is 23.8 Å². The number of benzene rings is 1. The Hall–Kier alpha value is -2.35. The highest BCUT2D eigenvalue weighted by atomic mass is 19.4. The topological polar surface area (TPSA) is 54.4 Å². The standard InChI is InChI=1S/C14H12F4N2O2/c1-22-12-7-9(4-5-19-12)20-13(21)10-3-2-8(6-11(10)15)14(16,17)18/h2-7,13,21H,1H3,(H,19,20). The first kappa shape index (κ1) is 16.0. The zero-order valence-electron chi connectivity index (χ0n) is 11.4. The van der Waals surface area contributed by atoms with Crippen molar-refractivity contribution in [2.45, 2.75) is 12.4 Å². The van der Waals surface area contributed by atoms with E-state index in [9.17, 15) is 22.7 Å². The summed E-state index contributed by atoms with van der Waals surface area (Å²) in [6, 6.07) is 4.87. The molecule has 1 atom stereocenters. The maximum atomic E-state index is 13.7. The van der Waals surface area contributed by atoms with Crippen molar-refractivity contribution in [3.8, 4) is 5.88 Å². The van der Waals surface area contributed by atoms with E-state index in [1.54, 1.807) is 0 Å². The summed E-state index contributed by atoms with van der Waals surface area (Å²) < 4.78 is 56.0. The molecule has 1 aromatic carbocycles. The van der Waals surface area contributed by atoms with Gasteiger partial charge >= 0.3 is 6.18 Å². The molecule has 118 valence electrons. The van der Waals surface area contributed by atoms with Crippen molar-refractivity contribution in [2.24, 2.45) is 0 Å². The average molecular weight is 316 g/mol. The van der Waals surface area contributed by atoms with Crippen LogP contribution in [0.5, 0.6) is 5.88 Å². The van der Waals surface area contributed by atoms with Crippen LogP contribution in [0.1, 0.15) is 17.4 Å². The molecule has 1 aromatic heterocycles. The second-order valence-corrected chi connectivity index (χ2v) is 4.37. The van der Waals surface area contributed by atoms with E-state index in [0.717, 1.165) is 6.07 Å². The van der Waals surface area contributed by atoms with Crippen molar-refractivity contribution in [1.29, 1.82) is 0 Å². The van der Waals surface area contributed by atoms with Crippen LogP contribution in [0.3, 0.4) is 0 Å². The minimum Gasteiger partial charge on any atom is -0.481 e. The molecular formula is C14H12F4N2O2. The van der Waals surface area contributed by atoms with Gasteiger partial charge in [0.25, 0.3) is 0 Å². The minimum absolute atomic E-state index is 0.269. The lowest BCUT2D eigenvalue weighted by atomic mass is 10.1. The van der Waals surface area contributed by atoms with E-state index in [2.05, 4.69) is 10.3 Å². The summed E-state index contributed by atoms with van der Waals surface area (Å²) in [6.45, 7) is 0. The molecule has 2 rings (SSSR count). The molecule has 0 fully saturated rings. The molecule has 0 saturated carbocycles. The average Bonchev–Trinajstić information content (AvgIpc) is 2.46. The molecule has 0 radical (unpaired) electrons. The van der Waals surface area contributed by atoms with Gasteiger partial charge in [-0.2, -0.15) is 13.2 Å². The number of halogens is 4. The molecular weight excluding hydrogens is 304 g/mol. The van der Waals surface area contributed by atoms with Gasteiger partial charge in [-0.05, 0) is 18.2 Å². The fourth-order valence-electron chi connectivity index (χ4n) is 1.77. The number of aliphatic hydroxyl groups is 1. The van der Waals surface area contributed by atoms with Gasteiger partial charge in [-0.1, -0.05) is 6.07 Å². The lowest BCUT2D eigenvalue weighted by Crippen LogP contribution is -2.13. The van der Waals surface area contributed by atoms with Crippen molar-refractivity contribution in [3.05, 3.63) is 53.5 Å². The fraction of sp³-hybridized carbons (Fsp3) is 0.214. The normalized spacial score (nSPS) is 12.8. The Morgan fingerprint density at radius 3 is 2.55 bits per heavy atom. The summed E-state index contributed by atoms with van der Waals surface area (Å²) in [5, 5.41) is 12.5. The highest BCUT2D eigenvalue weighted by Gasteiger charge is 2.31. The molecule has 1 unspecified atom stereocenters. The number of aliphatic hydroxyl groups excluding tert-OH is 1. The maximum Gasteiger partial charge on any atom is 0.416 e. The van der Waals surface area contributed by atoms with E-state index in [-0.39, 0.29) is 11.4 Å². The van der Waals surface area contributed by atoms with Crippen molar-refractivity contribution >= 4 is 5.69 Å². The van der Waals surface area contributed by atoms with Gasteiger partial charge in [0.15, 0.2) is 6.23 Å². The highest BCUT2D eigenvalue weighted by molar-refractivity contribution is 5.46. The molecule has 2 N–H and O–H groups in total. The van der Waals surface area contributed by atoms with Crippen molar-refractivity contribution in [3.63, 3.8) is 0 Å². The largest absolute Gasteiger partial charge is 0.481 e. The fourth-order valence-corrected chi connectivity index (χ4v) is 1.77. The Balaban J connectivity index is 2.20. The molecule has 0 bridgehead atoms. The number of rotatable bonds is 4. The van der Waals surface area contributed by atoms with Crippen LogP contribution >= 0.6 is 0 Å². The van der Waals surface area contributed by atoms with Gasteiger partial charge < -0.3 is 15.2 Å². The highest BCUT2D eigenvalue weighted by Crippen LogP contribution is 2.31. The first-order chi connectivity index (χ1) is 10.3. The van der Waals surface area contributed by atoms with E-state index in [0.29, 0.717) is 17.8 Å². The Bertz CT molecular complexity index is 662. The number of hydrogen-bond donors (Lipinski definition) is 2. The molecule has 0 amide bonds. The summed E-state index contributed by atoms with van der Waals surface area (Å²) >= 11 is 0. The minimum atomic E-state index is -4.64. The van der Waals surface area contributed by atoms with Gasteiger partial charge in [0.1, 0.15) is 5.82 Å². The third-order valence-electron chi connectivity index (χ3n) is 2.87. The smallest absolute Gasteiger partial charge is 0.416 e. The third kappa shape index (κ3) is 3.64. The SMILES string of the molecule is COc1cc(NC(O)c2ccc(C(F)(F)F)cc2F)ccn1. The predicted octanol–water partition coefficient (Wildman–Crippen LogP) is 3.35. The van der Waals surface area contributed by atoms with Crippen molar-refractivity contribution in [1.82, 2.24) is 4.98 Å². The number of nitrogens with one attached hydrogen (secondary N) is 1. The molecule has 0 aliphatic carbocycles. The quantitative estimate of drug-likeness (QED) is 0.671. The molecule has 0 aliphatic heterocycles. The van der Waals surface area contributed by atoms with Crippen LogP contribution in [0.15, 0.2) is 36.5 Å². The van der Waals surface area contributed by atoms with E-state index in [1.165, 1.54) is 25.4 Å². The second-order valence-electron chi connectivity index (χ2n) is 4.37. The number of nitrogens with zero attached hydrogens (tertiary/aromatic N) is 1. The van der Waals surface area contributed by atoms with Gasteiger partial charge in [0, 0.05) is 23.5 Å². The third-order valence-corrected chi connectivity index (χ3v) is 2.87. The van der Waals surface area contributed by atoms with Crippen LogP contribution < -0.4 is 10.1 Å². The Morgan fingerprint density at radius 1 is 1.23 bits per heavy atom. The second kappa shape index (κ2) is 6.18. The molecule has 0 aliphatic rings. The number of methoxy groups -OCH3 is 1. The summed E-state index contributed by atoms with van der Waals surface area (Å²) in [6.07, 6.45) is -4.76. The summed E-state index contributed by atoms with van der Waals surface area (Å²) in [4.78, 5) is 3.85. The molecule has 22 heavy (non-hydrogen) atoms. The molecule has 0 spiro atoms. The number of alkyl halides is 3. The summed E-state index contributed by atoms with van der Waals surface area (Å²) in [5.74, 6) is -0.888. The van der Waals surface area contributed by atoms with Gasteiger partial charge in [0.05, 0.1) is 12.7 Å². The van der Waals surface area contributed by atoms with Crippen LogP contribution in [0.25, 0.3) is 0 Å². The van der Waals surface area contributed by atoms with Gasteiger partial charge in [-0.25, -0.2) is 9.37 Å². The molecule has 0 saturated heterocycles. The van der Waals surface area contributed by atoms with E-state index >= 15 is 0 Å². The predicted molar refractivity (Wildman–Crippen MR) is 70.8 cm³/mol. The number of pyridine rings is 1. The summed E-state index contributed by atoms with van der Waals surface area (Å²) in [7, 11) is 1.40.